The number of benzene rings is 1. The van der Waals surface area contributed by atoms with Crippen LogP contribution in [0, 0.1) is 0 Å². The lowest BCUT2D eigenvalue weighted by Crippen LogP contribution is -2.07. The Morgan fingerprint density at radius 2 is 2.00 bits per heavy atom. The van der Waals surface area contributed by atoms with Gasteiger partial charge in [-0.05, 0) is 29.7 Å². The van der Waals surface area contributed by atoms with E-state index in [9.17, 15) is 9.59 Å². The molecular formula is C13H12O4S. The zero-order valence-corrected chi connectivity index (χ0v) is 10.9. The minimum Gasteiger partial charge on any atom is -0.497 e. The van der Waals surface area contributed by atoms with Gasteiger partial charge in [-0.3, -0.25) is 9.59 Å². The summed E-state index contributed by atoms with van der Waals surface area (Å²) in [5.41, 5.74) is 0. The number of rotatable bonds is 4. The third kappa shape index (κ3) is 2.51. The third-order valence-electron chi connectivity index (χ3n) is 2.53. The summed E-state index contributed by atoms with van der Waals surface area (Å²) in [6.45, 7) is 0. The first kappa shape index (κ1) is 12.6. The van der Waals surface area contributed by atoms with Crippen molar-refractivity contribution in [2.75, 3.05) is 14.2 Å². The standard InChI is InChI=1S/C13H12O4S/c1-16-9-3-4-11-8(5-9)6-12(18-11)10(14)7-13(15)17-2/h3-6H,7H2,1-2H3. The van der Waals surface area contributed by atoms with Crippen LogP contribution in [0.25, 0.3) is 10.1 Å². The molecule has 2 aromatic rings. The van der Waals surface area contributed by atoms with E-state index in [1.165, 1.54) is 18.4 Å². The largest absolute Gasteiger partial charge is 0.497 e. The smallest absolute Gasteiger partial charge is 0.313 e. The van der Waals surface area contributed by atoms with Gasteiger partial charge in [0.2, 0.25) is 0 Å². The maximum atomic E-state index is 11.8. The highest BCUT2D eigenvalue weighted by Crippen LogP contribution is 2.29. The van der Waals surface area contributed by atoms with E-state index in [1.54, 1.807) is 13.2 Å². The summed E-state index contributed by atoms with van der Waals surface area (Å²) >= 11 is 1.36. The third-order valence-corrected chi connectivity index (χ3v) is 3.69. The molecule has 0 N–H and O–H groups in total. The summed E-state index contributed by atoms with van der Waals surface area (Å²) in [5, 5.41) is 0.938. The second-order valence-electron chi connectivity index (χ2n) is 3.69. The molecule has 2 rings (SSSR count). The molecule has 0 aliphatic rings. The van der Waals surface area contributed by atoms with E-state index in [2.05, 4.69) is 4.74 Å². The molecule has 0 saturated carbocycles. The lowest BCUT2D eigenvalue weighted by atomic mass is 10.2. The van der Waals surface area contributed by atoms with Crippen molar-refractivity contribution in [1.29, 1.82) is 0 Å². The molecule has 1 aromatic heterocycles. The van der Waals surface area contributed by atoms with Crippen LogP contribution in [0.2, 0.25) is 0 Å². The normalized spacial score (nSPS) is 10.3. The van der Waals surface area contributed by atoms with Crippen molar-refractivity contribution in [3.63, 3.8) is 0 Å². The van der Waals surface area contributed by atoms with Crippen LogP contribution in [0.3, 0.4) is 0 Å². The number of esters is 1. The molecule has 0 spiro atoms. The van der Waals surface area contributed by atoms with E-state index in [0.717, 1.165) is 15.8 Å². The van der Waals surface area contributed by atoms with Crippen LogP contribution in [-0.4, -0.2) is 26.0 Å². The van der Waals surface area contributed by atoms with Crippen molar-refractivity contribution in [3.05, 3.63) is 29.1 Å². The summed E-state index contributed by atoms with van der Waals surface area (Å²) in [6, 6.07) is 7.37. The number of hydrogen-bond acceptors (Lipinski definition) is 5. The Bertz CT molecular complexity index is 600. The van der Waals surface area contributed by atoms with Crippen molar-refractivity contribution in [2.45, 2.75) is 6.42 Å². The van der Waals surface area contributed by atoms with Crippen molar-refractivity contribution in [1.82, 2.24) is 0 Å². The van der Waals surface area contributed by atoms with Crippen molar-refractivity contribution in [3.8, 4) is 5.75 Å². The number of thiophene rings is 1. The highest BCUT2D eigenvalue weighted by molar-refractivity contribution is 7.20. The monoisotopic (exact) mass is 264 g/mol. The van der Waals surface area contributed by atoms with E-state index < -0.39 is 5.97 Å². The van der Waals surface area contributed by atoms with Gasteiger partial charge in [0, 0.05) is 4.70 Å². The molecule has 4 nitrogen and oxygen atoms in total. The van der Waals surface area contributed by atoms with E-state index in [-0.39, 0.29) is 12.2 Å². The Labute approximate surface area is 108 Å². The summed E-state index contributed by atoms with van der Waals surface area (Å²) < 4.78 is 10.6. The highest BCUT2D eigenvalue weighted by atomic mass is 32.1. The Hall–Kier alpha value is -1.88. The van der Waals surface area contributed by atoms with Crippen molar-refractivity contribution < 1.29 is 19.1 Å². The molecule has 0 amide bonds. The lowest BCUT2D eigenvalue weighted by Gasteiger charge is -1.97. The predicted octanol–water partition coefficient (Wildman–Crippen LogP) is 2.66. The number of carbonyl (C=O) groups is 2. The van der Waals surface area contributed by atoms with Crippen LogP contribution in [0.5, 0.6) is 5.75 Å². The number of hydrogen-bond donors (Lipinski definition) is 0. The van der Waals surface area contributed by atoms with Gasteiger partial charge in [0.1, 0.15) is 12.2 Å². The van der Waals surface area contributed by atoms with Gasteiger partial charge in [0.25, 0.3) is 0 Å². The quantitative estimate of drug-likeness (QED) is 0.484. The Morgan fingerprint density at radius 1 is 1.22 bits per heavy atom. The molecule has 0 fully saturated rings. The number of Topliss-reactive ketones (excluding diaryl/α,β-unsaturated/α-hetero) is 1. The van der Waals surface area contributed by atoms with Crippen LogP contribution in [0.4, 0.5) is 0 Å². The average Bonchev–Trinajstić information content (AvgIpc) is 2.81. The Balaban J connectivity index is 2.29. The Morgan fingerprint density at radius 3 is 2.67 bits per heavy atom. The number of ether oxygens (including phenoxy) is 2. The second kappa shape index (κ2) is 5.18. The van der Waals surface area contributed by atoms with Gasteiger partial charge in [-0.15, -0.1) is 11.3 Å². The average molecular weight is 264 g/mol. The number of carbonyl (C=O) groups excluding carboxylic acids is 2. The molecule has 94 valence electrons. The number of ketones is 1. The van der Waals surface area contributed by atoms with Crippen molar-refractivity contribution in [2.24, 2.45) is 0 Å². The summed E-state index contributed by atoms with van der Waals surface area (Å²) in [5.74, 6) is 0.00400. The summed E-state index contributed by atoms with van der Waals surface area (Å²) in [6.07, 6.45) is -0.222. The number of methoxy groups -OCH3 is 2. The van der Waals surface area contributed by atoms with Crippen LogP contribution in [0.15, 0.2) is 24.3 Å². The van der Waals surface area contributed by atoms with Crippen LogP contribution >= 0.6 is 11.3 Å². The first-order chi connectivity index (χ1) is 8.63. The molecule has 5 heteroatoms. The molecule has 0 atom stereocenters. The van der Waals surface area contributed by atoms with E-state index in [1.807, 2.05) is 18.2 Å². The Kier molecular flexibility index (Phi) is 3.62. The van der Waals surface area contributed by atoms with Crippen LogP contribution < -0.4 is 4.74 Å². The van der Waals surface area contributed by atoms with E-state index >= 15 is 0 Å². The summed E-state index contributed by atoms with van der Waals surface area (Å²) in [7, 11) is 2.86. The van der Waals surface area contributed by atoms with E-state index in [0.29, 0.717) is 4.88 Å². The predicted molar refractivity (Wildman–Crippen MR) is 69.3 cm³/mol. The van der Waals surface area contributed by atoms with Crippen LogP contribution in [0.1, 0.15) is 16.1 Å². The molecule has 0 aliphatic carbocycles. The molecule has 1 aromatic carbocycles. The van der Waals surface area contributed by atoms with Crippen LogP contribution in [-0.2, 0) is 9.53 Å². The minimum atomic E-state index is -0.518. The van der Waals surface area contributed by atoms with Gasteiger partial charge in [-0.2, -0.15) is 0 Å². The highest BCUT2D eigenvalue weighted by Gasteiger charge is 2.15. The molecule has 0 radical (unpaired) electrons. The zero-order chi connectivity index (χ0) is 13.1. The molecule has 0 aliphatic heterocycles. The van der Waals surface area contributed by atoms with E-state index in [4.69, 9.17) is 4.74 Å². The summed E-state index contributed by atoms with van der Waals surface area (Å²) in [4.78, 5) is 23.4. The topological polar surface area (TPSA) is 52.6 Å². The minimum absolute atomic E-state index is 0.220. The molecular weight excluding hydrogens is 252 g/mol. The fraction of sp³-hybridized carbons (Fsp3) is 0.231. The van der Waals surface area contributed by atoms with Gasteiger partial charge >= 0.3 is 5.97 Å². The number of fused-ring (bicyclic) bond motifs is 1. The lowest BCUT2D eigenvalue weighted by molar-refractivity contribution is -0.139. The van der Waals surface area contributed by atoms with Gasteiger partial charge in [0.15, 0.2) is 5.78 Å². The van der Waals surface area contributed by atoms with Gasteiger partial charge in [-0.1, -0.05) is 0 Å². The fourth-order valence-corrected chi connectivity index (χ4v) is 2.56. The van der Waals surface area contributed by atoms with Crippen molar-refractivity contribution >= 4 is 33.2 Å². The van der Waals surface area contributed by atoms with Gasteiger partial charge in [-0.25, -0.2) is 0 Å². The molecule has 1 heterocycles. The van der Waals surface area contributed by atoms with Gasteiger partial charge in [0.05, 0.1) is 19.1 Å². The fourth-order valence-electron chi connectivity index (χ4n) is 1.58. The molecule has 0 saturated heterocycles. The maximum Gasteiger partial charge on any atom is 0.313 e. The molecule has 0 unspecified atom stereocenters. The molecule has 18 heavy (non-hydrogen) atoms. The zero-order valence-electron chi connectivity index (χ0n) is 10.1. The van der Waals surface area contributed by atoms with Gasteiger partial charge < -0.3 is 9.47 Å². The maximum absolute atomic E-state index is 11.8. The second-order valence-corrected chi connectivity index (χ2v) is 4.77. The first-order valence-electron chi connectivity index (χ1n) is 5.31. The SMILES string of the molecule is COC(=O)CC(=O)c1cc2cc(OC)ccc2s1. The first-order valence-corrected chi connectivity index (χ1v) is 6.13. The molecule has 0 bridgehead atoms.